The topological polar surface area (TPSA) is 96.2 Å². The van der Waals surface area contributed by atoms with Gasteiger partial charge in [-0.3, -0.25) is 4.79 Å². The maximum atomic E-state index is 11.3. The van der Waals surface area contributed by atoms with Crippen LogP contribution in [0.2, 0.25) is 0 Å². The van der Waals surface area contributed by atoms with E-state index in [-0.39, 0.29) is 5.91 Å². The molecule has 0 bridgehead atoms. The first kappa shape index (κ1) is 15.2. The molecule has 0 aliphatic heterocycles. The Bertz CT molecular complexity index is 423. The lowest BCUT2D eigenvalue weighted by atomic mass is 10.1. The summed E-state index contributed by atoms with van der Waals surface area (Å²) in [5.41, 5.74) is 3.57. The minimum atomic E-state index is 0.00937. The van der Waals surface area contributed by atoms with Crippen molar-refractivity contribution in [3.8, 4) is 0 Å². The molecule has 4 N–H and O–H groups in total. The van der Waals surface area contributed by atoms with Crippen LogP contribution in [0.4, 0.5) is 11.6 Å². The molecule has 1 amide bonds. The van der Waals surface area contributed by atoms with E-state index < -0.39 is 0 Å². The summed E-state index contributed by atoms with van der Waals surface area (Å²) in [4.78, 5) is 21.6. The van der Waals surface area contributed by atoms with Gasteiger partial charge >= 0.3 is 0 Å². The number of hydrogen-bond donors (Lipinski definition) is 3. The first-order valence-corrected chi connectivity index (χ1v) is 6.36. The number of nitrogens with zero attached hydrogens (tertiary/aromatic N) is 3. The van der Waals surface area contributed by atoms with Gasteiger partial charge in [-0.15, -0.1) is 0 Å². The van der Waals surface area contributed by atoms with Crippen molar-refractivity contribution in [3.05, 3.63) is 11.9 Å². The van der Waals surface area contributed by atoms with Crippen LogP contribution < -0.4 is 21.5 Å². The van der Waals surface area contributed by atoms with Crippen LogP contribution in [-0.2, 0) is 11.2 Å². The van der Waals surface area contributed by atoms with Gasteiger partial charge in [0.05, 0.1) is 0 Å². The summed E-state index contributed by atoms with van der Waals surface area (Å²) in [6, 6.07) is 0. The van der Waals surface area contributed by atoms with Crippen molar-refractivity contribution in [1.82, 2.24) is 15.3 Å². The second-order valence-corrected chi connectivity index (χ2v) is 4.26. The summed E-state index contributed by atoms with van der Waals surface area (Å²) in [5, 5.41) is 2.60. The smallest absolute Gasteiger partial charge is 0.221 e. The highest BCUT2D eigenvalue weighted by molar-refractivity contribution is 5.76. The third-order valence-corrected chi connectivity index (χ3v) is 2.87. The molecule has 1 aromatic heterocycles. The standard InChI is InChI=1S/C12H22N6O/c1-4-5-9-11(17-13)15-8-16-12(9)18(3)7-6-10(19)14-2/h8H,4-7,13H2,1-3H3,(H,14,19)(H,15,16,17). The normalized spacial score (nSPS) is 10.1. The molecule has 0 radical (unpaired) electrons. The van der Waals surface area contributed by atoms with Gasteiger partial charge in [0.2, 0.25) is 5.91 Å². The molecule has 0 unspecified atom stereocenters. The number of nitrogens with one attached hydrogen (secondary N) is 2. The van der Waals surface area contributed by atoms with Crippen LogP contribution >= 0.6 is 0 Å². The van der Waals surface area contributed by atoms with Gasteiger partial charge in [-0.25, -0.2) is 15.8 Å². The molecule has 1 rings (SSSR count). The van der Waals surface area contributed by atoms with E-state index >= 15 is 0 Å². The highest BCUT2D eigenvalue weighted by Gasteiger charge is 2.14. The molecule has 7 nitrogen and oxygen atoms in total. The Hall–Kier alpha value is -1.89. The number of amides is 1. The van der Waals surface area contributed by atoms with E-state index in [1.165, 1.54) is 6.33 Å². The number of hydrogen-bond acceptors (Lipinski definition) is 6. The Labute approximate surface area is 113 Å². The third-order valence-electron chi connectivity index (χ3n) is 2.87. The Kier molecular flexibility index (Phi) is 6.01. The first-order chi connectivity index (χ1) is 9.13. The van der Waals surface area contributed by atoms with Crippen LogP contribution in [0.1, 0.15) is 25.3 Å². The number of rotatable bonds is 7. The van der Waals surface area contributed by atoms with E-state index in [1.54, 1.807) is 7.05 Å². The van der Waals surface area contributed by atoms with Crippen molar-refractivity contribution in [2.45, 2.75) is 26.2 Å². The zero-order valence-electron chi connectivity index (χ0n) is 11.7. The van der Waals surface area contributed by atoms with Crippen molar-refractivity contribution in [2.75, 3.05) is 31.0 Å². The van der Waals surface area contributed by atoms with Crippen LogP contribution in [0.5, 0.6) is 0 Å². The zero-order chi connectivity index (χ0) is 14.3. The third kappa shape index (κ3) is 4.06. The zero-order valence-corrected chi connectivity index (χ0v) is 11.7. The molecule has 7 heteroatoms. The van der Waals surface area contributed by atoms with E-state index in [0.29, 0.717) is 18.8 Å². The van der Waals surface area contributed by atoms with Crippen LogP contribution in [0, 0.1) is 0 Å². The monoisotopic (exact) mass is 266 g/mol. The molecule has 19 heavy (non-hydrogen) atoms. The van der Waals surface area contributed by atoms with Crippen LogP contribution in [0.3, 0.4) is 0 Å². The lowest BCUT2D eigenvalue weighted by Gasteiger charge is -2.21. The SMILES string of the molecule is CCCc1c(NN)ncnc1N(C)CCC(=O)NC. The number of nitrogen functional groups attached to an aromatic ring is 1. The lowest BCUT2D eigenvalue weighted by Crippen LogP contribution is -2.28. The molecule has 1 heterocycles. The Balaban J connectivity index is 2.88. The second kappa shape index (κ2) is 7.52. The van der Waals surface area contributed by atoms with Gasteiger partial charge in [0.25, 0.3) is 0 Å². The number of anilines is 2. The molecule has 0 saturated carbocycles. The lowest BCUT2D eigenvalue weighted by molar-refractivity contribution is -0.120. The van der Waals surface area contributed by atoms with Crippen LogP contribution in [0.25, 0.3) is 0 Å². The van der Waals surface area contributed by atoms with Gasteiger partial charge in [-0.05, 0) is 6.42 Å². The van der Waals surface area contributed by atoms with E-state index in [1.807, 2.05) is 11.9 Å². The number of carbonyl (C=O) groups excluding carboxylic acids is 1. The van der Waals surface area contributed by atoms with E-state index in [9.17, 15) is 4.79 Å². The number of nitrogens with two attached hydrogens (primary N) is 1. The molecule has 0 aromatic carbocycles. The quantitative estimate of drug-likeness (QED) is 0.485. The summed E-state index contributed by atoms with van der Waals surface area (Å²) in [6.45, 7) is 2.68. The predicted octanol–water partition coefficient (Wildman–Crippen LogP) is 0.287. The average Bonchev–Trinajstić information content (AvgIpc) is 2.44. The largest absolute Gasteiger partial charge is 0.359 e. The van der Waals surface area contributed by atoms with Crippen molar-refractivity contribution < 1.29 is 4.79 Å². The fourth-order valence-corrected chi connectivity index (χ4v) is 1.84. The van der Waals surface area contributed by atoms with Gasteiger partial charge < -0.3 is 15.6 Å². The number of carbonyl (C=O) groups is 1. The number of hydrazine groups is 1. The summed E-state index contributed by atoms with van der Waals surface area (Å²) < 4.78 is 0. The van der Waals surface area contributed by atoms with Crippen LogP contribution in [0.15, 0.2) is 6.33 Å². The van der Waals surface area contributed by atoms with Gasteiger partial charge in [-0.2, -0.15) is 0 Å². The highest BCUT2D eigenvalue weighted by atomic mass is 16.1. The van der Waals surface area contributed by atoms with E-state index in [0.717, 1.165) is 24.2 Å². The van der Waals surface area contributed by atoms with Crippen molar-refractivity contribution in [3.63, 3.8) is 0 Å². The number of aromatic nitrogens is 2. The van der Waals surface area contributed by atoms with Gasteiger partial charge in [-0.1, -0.05) is 13.3 Å². The fourth-order valence-electron chi connectivity index (χ4n) is 1.84. The van der Waals surface area contributed by atoms with Gasteiger partial charge in [0.1, 0.15) is 18.0 Å². The molecular weight excluding hydrogens is 244 g/mol. The molecule has 0 spiro atoms. The molecule has 106 valence electrons. The molecule has 0 atom stereocenters. The predicted molar refractivity (Wildman–Crippen MR) is 75.8 cm³/mol. The van der Waals surface area contributed by atoms with E-state index in [4.69, 9.17) is 5.84 Å². The maximum Gasteiger partial charge on any atom is 0.221 e. The summed E-state index contributed by atoms with van der Waals surface area (Å²) >= 11 is 0. The molecule has 0 aliphatic rings. The molecule has 0 aliphatic carbocycles. The summed E-state index contributed by atoms with van der Waals surface area (Å²) in [7, 11) is 3.54. The van der Waals surface area contributed by atoms with Crippen molar-refractivity contribution in [2.24, 2.45) is 5.84 Å². The molecular formula is C12H22N6O. The van der Waals surface area contributed by atoms with Gasteiger partial charge in [0, 0.05) is 32.6 Å². The second-order valence-electron chi connectivity index (χ2n) is 4.26. The molecule has 0 fully saturated rings. The Morgan fingerprint density at radius 3 is 2.79 bits per heavy atom. The summed E-state index contributed by atoms with van der Waals surface area (Å²) in [5.74, 6) is 6.93. The minimum Gasteiger partial charge on any atom is -0.359 e. The summed E-state index contributed by atoms with van der Waals surface area (Å²) in [6.07, 6.45) is 3.70. The highest BCUT2D eigenvalue weighted by Crippen LogP contribution is 2.23. The van der Waals surface area contributed by atoms with Crippen molar-refractivity contribution >= 4 is 17.5 Å². The molecule has 0 saturated heterocycles. The maximum absolute atomic E-state index is 11.3. The molecule has 1 aromatic rings. The van der Waals surface area contributed by atoms with Gasteiger partial charge in [0.15, 0.2) is 0 Å². The minimum absolute atomic E-state index is 0.00937. The van der Waals surface area contributed by atoms with E-state index in [2.05, 4.69) is 27.6 Å². The average molecular weight is 266 g/mol. The first-order valence-electron chi connectivity index (χ1n) is 6.36. The Morgan fingerprint density at radius 1 is 1.47 bits per heavy atom. The fraction of sp³-hybridized carbons (Fsp3) is 0.583. The van der Waals surface area contributed by atoms with Crippen molar-refractivity contribution in [1.29, 1.82) is 0 Å². The van der Waals surface area contributed by atoms with Crippen LogP contribution in [-0.4, -0.2) is 36.5 Å². The Morgan fingerprint density at radius 2 is 2.21 bits per heavy atom.